The van der Waals surface area contributed by atoms with Gasteiger partial charge in [-0.05, 0) is 14.0 Å². The van der Waals surface area contributed by atoms with E-state index in [9.17, 15) is 24.0 Å². The molecule has 0 amide bonds. The molecular weight excluding hydrogens is 326 g/mol. The van der Waals surface area contributed by atoms with E-state index in [0.717, 1.165) is 10.9 Å². The van der Waals surface area contributed by atoms with Gasteiger partial charge in [0.15, 0.2) is 0 Å². The first kappa shape index (κ1) is 19.7. The summed E-state index contributed by atoms with van der Waals surface area (Å²) in [5.41, 5.74) is 0.426. The Kier molecular flexibility index (Phi) is 6.92. The molecule has 0 aliphatic heterocycles. The third-order valence-electron chi connectivity index (χ3n) is 2.45. The average molecular weight is 338 g/mol. The molecule has 1 heterocycles. The van der Waals surface area contributed by atoms with E-state index < -0.39 is 26.8 Å². The summed E-state index contributed by atoms with van der Waals surface area (Å²) < 4.78 is 23.0. The van der Waals surface area contributed by atoms with E-state index in [0.29, 0.717) is 12.1 Å². The van der Waals surface area contributed by atoms with Crippen LogP contribution in [0.2, 0.25) is 0 Å². The Morgan fingerprint density at radius 1 is 1.42 bits per heavy atom. The van der Waals surface area contributed by atoms with E-state index in [4.69, 9.17) is 9.79 Å². The Morgan fingerprint density at radius 2 is 1.95 bits per heavy atom. The van der Waals surface area contributed by atoms with Gasteiger partial charge in [-0.15, -0.1) is 0 Å². The van der Waals surface area contributed by atoms with Crippen LogP contribution in [0.25, 0.3) is 0 Å². The summed E-state index contributed by atoms with van der Waals surface area (Å²) in [6, 6.07) is 0. The maximum atomic E-state index is 11.1. The Labute approximate surface area is 139 Å². The van der Waals surface area contributed by atoms with Gasteiger partial charge in [0.2, 0.25) is 5.08 Å². The van der Waals surface area contributed by atoms with E-state index in [1.165, 1.54) is 6.20 Å². The van der Waals surface area contributed by atoms with Crippen molar-refractivity contribution < 1.29 is 33.8 Å². The van der Waals surface area contributed by atoms with Crippen molar-refractivity contribution in [3.8, 4) is 0 Å². The van der Waals surface area contributed by atoms with Gasteiger partial charge in [-0.2, -0.15) is 0 Å². The maximum Gasteiger partial charge on any atom is 2.00 e. The molecule has 0 aromatic carbocycles. The number of aliphatic hydroxyl groups is 1. The zero-order valence-corrected chi connectivity index (χ0v) is 14.0. The molecule has 12 heteroatoms. The molecule has 104 valence electrons. The Morgan fingerprint density at radius 3 is 2.32 bits per heavy atom. The number of rotatable bonds is 5. The fraction of sp³-hybridized carbons (Fsp3) is 0.571. The summed E-state index contributed by atoms with van der Waals surface area (Å²) in [6.45, 7) is 0.628. The van der Waals surface area contributed by atoms with Gasteiger partial charge in [0.05, 0.1) is 12.9 Å². The molecule has 0 radical (unpaired) electrons. The number of hydrogen-bond acceptors (Lipinski definition) is 6. The molecule has 0 bridgehead atoms. The van der Waals surface area contributed by atoms with Crippen LogP contribution >= 0.6 is 15.2 Å². The number of hydrogen-bond donors (Lipinski definition) is 3. The number of aryl methyl sites for hydroxylation is 1. The van der Waals surface area contributed by atoms with E-state index in [1.54, 1.807) is 6.92 Å². The monoisotopic (exact) mass is 338 g/mol. The van der Waals surface area contributed by atoms with E-state index in [2.05, 4.69) is 4.98 Å². The smallest absolute Gasteiger partial charge is 0.808 e. The van der Waals surface area contributed by atoms with Crippen LogP contribution in [0.1, 0.15) is 12.6 Å². The summed E-state index contributed by atoms with van der Waals surface area (Å²) in [5.74, 6) is 0. The van der Waals surface area contributed by atoms with E-state index >= 15 is 0 Å². The largest absolute Gasteiger partial charge is 2.00 e. The first-order valence-corrected chi connectivity index (χ1v) is 7.97. The average Bonchev–Trinajstić information content (AvgIpc) is 2.61. The first-order chi connectivity index (χ1) is 8.03. The molecule has 0 aliphatic rings. The second-order valence-corrected chi connectivity index (χ2v) is 7.60. The van der Waals surface area contributed by atoms with Crippen molar-refractivity contribution in [2.24, 2.45) is 0 Å². The van der Waals surface area contributed by atoms with Crippen molar-refractivity contribution in [2.75, 3.05) is 0 Å². The summed E-state index contributed by atoms with van der Waals surface area (Å²) in [6.07, 6.45) is 2.80. The van der Waals surface area contributed by atoms with Gasteiger partial charge in [0.25, 0.3) is 0 Å². The molecule has 0 saturated heterocycles. The molecule has 0 fully saturated rings. The fourth-order valence-corrected chi connectivity index (χ4v) is 3.29. The summed E-state index contributed by atoms with van der Waals surface area (Å²) in [7, 11) is -11.5. The van der Waals surface area contributed by atoms with Crippen LogP contribution in [0.4, 0.5) is 0 Å². The fourth-order valence-electron chi connectivity index (χ4n) is 1.35. The van der Waals surface area contributed by atoms with Crippen LogP contribution in [0.3, 0.4) is 0 Å². The van der Waals surface area contributed by atoms with Crippen molar-refractivity contribution in [1.29, 1.82) is 0 Å². The van der Waals surface area contributed by atoms with Crippen molar-refractivity contribution in [3.63, 3.8) is 0 Å². The van der Waals surface area contributed by atoms with Crippen LogP contribution in [0.5, 0.6) is 0 Å². The van der Waals surface area contributed by atoms with Gasteiger partial charge in [-0.1, -0.05) is 6.92 Å². The zero-order valence-electron chi connectivity index (χ0n) is 10.0. The molecule has 1 aromatic heterocycles. The van der Waals surface area contributed by atoms with Crippen LogP contribution in [-0.2, 0) is 22.1 Å². The maximum absolute atomic E-state index is 11.1. The Bertz CT molecular complexity index is 499. The number of nitrogens with zero attached hydrogens (tertiary/aromatic N) is 2. The number of aromatic nitrogens is 2. The van der Waals surface area contributed by atoms with E-state index in [-0.39, 0.29) is 37.7 Å². The van der Waals surface area contributed by atoms with Gasteiger partial charge in [0.1, 0.15) is 0 Å². The Balaban J connectivity index is 0.00000324. The van der Waals surface area contributed by atoms with Gasteiger partial charge in [-0.3, -0.25) is 4.57 Å². The van der Waals surface area contributed by atoms with Crippen LogP contribution in [0, 0.1) is 0 Å². The van der Waals surface area contributed by atoms with Gasteiger partial charge in [-0.25, -0.2) is 4.98 Å². The number of imidazole rings is 1. The predicted molar refractivity (Wildman–Crippen MR) is 62.0 cm³/mol. The zero-order chi connectivity index (χ0) is 14.2. The topological polar surface area (TPSA) is 159 Å². The van der Waals surface area contributed by atoms with Crippen LogP contribution in [0.15, 0.2) is 12.5 Å². The normalized spacial score (nSPS) is 15.7. The minimum atomic E-state index is -5.94. The minimum absolute atomic E-state index is 0. The van der Waals surface area contributed by atoms with Crippen molar-refractivity contribution >= 4 is 52.9 Å². The molecule has 1 unspecified atom stereocenters. The van der Waals surface area contributed by atoms with Gasteiger partial charge in [0, 0.05) is 11.9 Å². The van der Waals surface area contributed by atoms with Crippen molar-refractivity contribution in [2.45, 2.75) is 25.0 Å². The Hall–Kier alpha value is 0.730. The quantitative estimate of drug-likeness (QED) is 0.403. The second-order valence-electron chi connectivity index (χ2n) is 3.68. The molecule has 0 spiro atoms. The molecule has 19 heavy (non-hydrogen) atoms. The predicted octanol–water partition coefficient (Wildman–Crippen LogP) is -2.20. The summed E-state index contributed by atoms with van der Waals surface area (Å²) in [4.78, 5) is 43.3. The first-order valence-electron chi connectivity index (χ1n) is 4.82. The standard InChI is InChI=1S/C7H14N2O7P2.Ca/c1-2-6-3-8-5-9(6)4-7(10,17(11,12)13)18(14,15)16;/h3,5,10H,2,4H2,1H3,(H2,11,12,13)(H2,14,15,16);/q;+2/p-2. The van der Waals surface area contributed by atoms with Crippen molar-refractivity contribution in [3.05, 3.63) is 18.2 Å². The SMILES string of the molecule is CCc1cncn1CC(O)(P(=O)([O-])[O-])P(=O)(O)O.[Ca+2]. The van der Waals surface area contributed by atoms with Crippen LogP contribution in [-0.4, -0.2) is 67.3 Å². The molecule has 9 nitrogen and oxygen atoms in total. The molecule has 3 N–H and O–H groups in total. The van der Waals surface area contributed by atoms with Gasteiger partial charge < -0.3 is 33.8 Å². The molecule has 1 aromatic rings. The van der Waals surface area contributed by atoms with Crippen LogP contribution < -0.4 is 9.79 Å². The third-order valence-corrected chi connectivity index (χ3v) is 6.06. The van der Waals surface area contributed by atoms with E-state index in [1.807, 2.05) is 0 Å². The molecule has 1 rings (SSSR count). The molecule has 0 aliphatic carbocycles. The molecule has 1 atom stereocenters. The molecule has 0 saturated carbocycles. The minimum Gasteiger partial charge on any atom is -0.808 e. The molecular formula is C7H12CaN2O7P2. The second kappa shape index (κ2) is 6.66. The third kappa shape index (κ3) is 4.11. The summed E-state index contributed by atoms with van der Waals surface area (Å²) in [5, 5.41) is 5.90. The summed E-state index contributed by atoms with van der Waals surface area (Å²) >= 11 is 0. The van der Waals surface area contributed by atoms with Crippen molar-refractivity contribution in [1.82, 2.24) is 9.55 Å². The van der Waals surface area contributed by atoms with Gasteiger partial charge >= 0.3 is 45.3 Å².